The van der Waals surface area contributed by atoms with E-state index in [-0.39, 0.29) is 35.0 Å². The minimum absolute atomic E-state index is 0.0617. The molecular weight excluding hydrogens is 485 g/mol. The van der Waals surface area contributed by atoms with E-state index in [0.29, 0.717) is 32.8 Å². The van der Waals surface area contributed by atoms with Crippen molar-refractivity contribution in [3.05, 3.63) is 65.7 Å². The lowest BCUT2D eigenvalue weighted by atomic mass is 9.78. The third-order valence-electron chi connectivity index (χ3n) is 7.09. The number of para-hydroxylation sites is 2. The molecule has 2 aromatic rings. The van der Waals surface area contributed by atoms with Crippen LogP contribution in [0.25, 0.3) is 6.08 Å². The van der Waals surface area contributed by atoms with E-state index in [2.05, 4.69) is 4.74 Å². The maximum Gasteiger partial charge on any atom is 0.573 e. The van der Waals surface area contributed by atoms with Crippen LogP contribution in [0.5, 0.6) is 11.5 Å². The molecule has 0 saturated carbocycles. The minimum Gasteiger partial charge on any atom is -0.493 e. The summed E-state index contributed by atoms with van der Waals surface area (Å²) in [5.74, 6) is 0.105. The summed E-state index contributed by atoms with van der Waals surface area (Å²) in [4.78, 5) is 29.3. The number of alkyl halides is 3. The molecule has 37 heavy (non-hydrogen) atoms. The van der Waals surface area contributed by atoms with E-state index in [4.69, 9.17) is 4.74 Å². The van der Waals surface area contributed by atoms with E-state index >= 15 is 0 Å². The van der Waals surface area contributed by atoms with Crippen LogP contribution in [0.2, 0.25) is 0 Å². The second kappa shape index (κ2) is 11.3. The van der Waals surface area contributed by atoms with Gasteiger partial charge in [0.25, 0.3) is 0 Å². The van der Waals surface area contributed by atoms with Gasteiger partial charge in [-0.1, -0.05) is 36.4 Å². The first-order valence-electron chi connectivity index (χ1n) is 12.5. The first-order chi connectivity index (χ1) is 17.7. The Morgan fingerprint density at radius 1 is 0.946 bits per heavy atom. The number of nitrogens with zero attached hydrogens (tertiary/aromatic N) is 2. The highest BCUT2D eigenvalue weighted by Crippen LogP contribution is 2.41. The summed E-state index contributed by atoms with van der Waals surface area (Å²) in [6.07, 6.45) is 0.748. The average Bonchev–Trinajstić information content (AvgIpc) is 3.28. The molecule has 2 heterocycles. The highest BCUT2D eigenvalue weighted by molar-refractivity contribution is 5.92. The van der Waals surface area contributed by atoms with Crippen LogP contribution in [0.1, 0.15) is 37.3 Å². The Morgan fingerprint density at radius 2 is 1.57 bits per heavy atom. The van der Waals surface area contributed by atoms with Gasteiger partial charge in [0.2, 0.25) is 11.8 Å². The number of hydrogen-bond acceptors (Lipinski definition) is 4. The number of ether oxygens (including phenoxy) is 2. The quantitative estimate of drug-likeness (QED) is 0.482. The lowest BCUT2D eigenvalue weighted by molar-refractivity contribution is -0.274. The predicted molar refractivity (Wildman–Crippen MR) is 133 cm³/mol. The van der Waals surface area contributed by atoms with Gasteiger partial charge in [-0.15, -0.1) is 13.2 Å². The third-order valence-corrected chi connectivity index (χ3v) is 7.09. The molecule has 0 aliphatic carbocycles. The zero-order chi connectivity index (χ0) is 26.5. The molecule has 0 radical (unpaired) electrons. The van der Waals surface area contributed by atoms with Crippen molar-refractivity contribution in [2.45, 2.75) is 39.0 Å². The largest absolute Gasteiger partial charge is 0.573 e. The molecule has 2 fully saturated rings. The van der Waals surface area contributed by atoms with Crippen molar-refractivity contribution in [2.75, 3.05) is 32.8 Å². The number of piperidine rings is 1. The fourth-order valence-corrected chi connectivity index (χ4v) is 5.08. The van der Waals surface area contributed by atoms with Crippen LogP contribution in [0.15, 0.2) is 54.6 Å². The van der Waals surface area contributed by atoms with Crippen LogP contribution in [0, 0.1) is 5.41 Å². The van der Waals surface area contributed by atoms with E-state index in [9.17, 15) is 22.8 Å². The smallest absolute Gasteiger partial charge is 0.493 e. The molecule has 0 aromatic heterocycles. The lowest BCUT2D eigenvalue weighted by Crippen LogP contribution is -2.44. The van der Waals surface area contributed by atoms with Crippen molar-refractivity contribution in [1.82, 2.24) is 9.80 Å². The Bertz CT molecular complexity index is 1140. The van der Waals surface area contributed by atoms with Gasteiger partial charge in [0.05, 0.1) is 13.0 Å². The van der Waals surface area contributed by atoms with E-state index in [1.54, 1.807) is 23.1 Å². The molecule has 2 aliphatic rings. The van der Waals surface area contributed by atoms with E-state index in [0.717, 1.165) is 30.6 Å². The summed E-state index contributed by atoms with van der Waals surface area (Å²) in [7, 11) is 0. The minimum atomic E-state index is -4.82. The van der Waals surface area contributed by atoms with Gasteiger partial charge in [-0.05, 0) is 49.8 Å². The molecule has 6 nitrogen and oxygen atoms in total. The number of halogens is 3. The summed E-state index contributed by atoms with van der Waals surface area (Å²) in [6, 6.07) is 13.3. The number of likely N-dealkylation sites (tertiary alicyclic amines) is 2. The second-order valence-electron chi connectivity index (χ2n) is 9.53. The highest BCUT2D eigenvalue weighted by Gasteiger charge is 2.42. The Hall–Kier alpha value is -3.49. The van der Waals surface area contributed by atoms with Crippen molar-refractivity contribution < 1.29 is 32.2 Å². The standard InChI is InChI=1S/C28H31F3N2O4/c1-2-36-23-9-5-3-7-21(23)11-12-25(34)32-16-13-27(14-17-32)15-18-33(20-27)26(35)19-22-8-4-6-10-24(22)37-28(29,30)31/h3-12H,2,13-20H2,1H3. The van der Waals surface area contributed by atoms with Gasteiger partial charge in [-0.25, -0.2) is 0 Å². The molecule has 0 N–H and O–H groups in total. The van der Waals surface area contributed by atoms with Crippen LogP contribution in [0.3, 0.4) is 0 Å². The topological polar surface area (TPSA) is 59.1 Å². The summed E-state index contributed by atoms with van der Waals surface area (Å²) in [5.41, 5.74) is 0.988. The Kier molecular flexibility index (Phi) is 8.10. The zero-order valence-corrected chi connectivity index (χ0v) is 20.8. The molecule has 2 amide bonds. The first-order valence-corrected chi connectivity index (χ1v) is 12.5. The Labute approximate surface area is 214 Å². The van der Waals surface area contributed by atoms with Gasteiger partial charge in [0.1, 0.15) is 11.5 Å². The van der Waals surface area contributed by atoms with E-state index < -0.39 is 6.36 Å². The molecule has 0 unspecified atom stereocenters. The summed E-state index contributed by atoms with van der Waals surface area (Å²) in [5, 5.41) is 0. The van der Waals surface area contributed by atoms with Crippen LogP contribution >= 0.6 is 0 Å². The first kappa shape index (κ1) is 26.6. The van der Waals surface area contributed by atoms with Crippen molar-refractivity contribution in [3.63, 3.8) is 0 Å². The maximum atomic E-state index is 12.9. The van der Waals surface area contributed by atoms with Crippen LogP contribution in [-0.2, 0) is 16.0 Å². The van der Waals surface area contributed by atoms with E-state index in [1.807, 2.05) is 36.1 Å². The number of carbonyl (C=O) groups is 2. The van der Waals surface area contributed by atoms with Crippen molar-refractivity contribution in [1.29, 1.82) is 0 Å². The summed E-state index contributed by atoms with van der Waals surface area (Å²) < 4.78 is 47.8. The van der Waals surface area contributed by atoms with Gasteiger partial charge < -0.3 is 19.3 Å². The molecule has 0 atom stereocenters. The van der Waals surface area contributed by atoms with Gasteiger partial charge in [-0.2, -0.15) is 0 Å². The zero-order valence-electron chi connectivity index (χ0n) is 20.8. The number of amides is 2. The number of rotatable bonds is 7. The van der Waals surface area contributed by atoms with Gasteiger partial charge in [-0.3, -0.25) is 9.59 Å². The molecule has 9 heteroatoms. The number of benzene rings is 2. The molecule has 1 spiro atoms. The van der Waals surface area contributed by atoms with Crippen molar-refractivity contribution in [3.8, 4) is 11.5 Å². The predicted octanol–water partition coefficient (Wildman–Crippen LogP) is 5.08. The average molecular weight is 517 g/mol. The van der Waals surface area contributed by atoms with Gasteiger partial charge in [0.15, 0.2) is 0 Å². The highest BCUT2D eigenvalue weighted by atomic mass is 19.4. The van der Waals surface area contributed by atoms with Crippen LogP contribution in [0.4, 0.5) is 13.2 Å². The maximum absolute atomic E-state index is 12.9. The lowest BCUT2D eigenvalue weighted by Gasteiger charge is -2.39. The second-order valence-corrected chi connectivity index (χ2v) is 9.53. The van der Waals surface area contributed by atoms with Gasteiger partial charge >= 0.3 is 6.36 Å². The normalized spacial score (nSPS) is 17.4. The fourth-order valence-electron chi connectivity index (χ4n) is 5.08. The Balaban J connectivity index is 1.31. The van der Waals surface area contributed by atoms with Crippen molar-refractivity contribution in [2.24, 2.45) is 5.41 Å². The molecule has 0 bridgehead atoms. The van der Waals surface area contributed by atoms with E-state index in [1.165, 1.54) is 18.2 Å². The number of carbonyl (C=O) groups excluding carboxylic acids is 2. The molecule has 198 valence electrons. The molecule has 4 rings (SSSR count). The van der Waals surface area contributed by atoms with Gasteiger partial charge in [0, 0.05) is 43.4 Å². The molecule has 2 saturated heterocycles. The molecule has 2 aromatic carbocycles. The molecular formula is C28H31F3N2O4. The monoisotopic (exact) mass is 516 g/mol. The SMILES string of the molecule is CCOc1ccccc1C=CC(=O)N1CCC2(CC1)CCN(C(=O)Cc1ccccc1OC(F)(F)F)C2. The molecule has 2 aliphatic heterocycles. The summed E-state index contributed by atoms with van der Waals surface area (Å²) >= 11 is 0. The van der Waals surface area contributed by atoms with Crippen molar-refractivity contribution >= 4 is 17.9 Å². The third kappa shape index (κ3) is 6.84. The Morgan fingerprint density at radius 3 is 2.24 bits per heavy atom. The van der Waals surface area contributed by atoms with Crippen LogP contribution in [-0.4, -0.2) is 60.8 Å². The summed E-state index contributed by atoms with van der Waals surface area (Å²) in [6.45, 7) is 4.76. The fraction of sp³-hybridized carbons (Fsp3) is 0.429. The number of hydrogen-bond donors (Lipinski definition) is 0. The van der Waals surface area contributed by atoms with Crippen LogP contribution < -0.4 is 9.47 Å².